The van der Waals surface area contributed by atoms with Crippen LogP contribution < -0.4 is 5.32 Å². The molecule has 1 aromatic rings. The van der Waals surface area contributed by atoms with Crippen molar-refractivity contribution in [2.45, 2.75) is 25.8 Å². The van der Waals surface area contributed by atoms with Crippen LogP contribution in [0.15, 0.2) is 23.8 Å². The van der Waals surface area contributed by atoms with Crippen molar-refractivity contribution in [1.82, 2.24) is 5.32 Å². The van der Waals surface area contributed by atoms with Gasteiger partial charge in [-0.3, -0.25) is 0 Å². The maximum absolute atomic E-state index is 6.10. The van der Waals surface area contributed by atoms with E-state index in [1.807, 2.05) is 18.2 Å². The van der Waals surface area contributed by atoms with E-state index in [0.29, 0.717) is 10.0 Å². The summed E-state index contributed by atoms with van der Waals surface area (Å²) in [6.45, 7) is 3.00. The van der Waals surface area contributed by atoms with Crippen molar-refractivity contribution < 1.29 is 0 Å². The molecule has 0 aromatic heterocycles. The molecule has 0 unspecified atom stereocenters. The number of hydrogen-bond donors (Lipinski definition) is 1. The van der Waals surface area contributed by atoms with E-state index in [4.69, 9.17) is 23.2 Å². The molecule has 0 aliphatic heterocycles. The Hall–Kier alpha value is -0.500. The van der Waals surface area contributed by atoms with Gasteiger partial charge in [-0.15, -0.1) is 0 Å². The van der Waals surface area contributed by atoms with Gasteiger partial charge >= 0.3 is 0 Å². The monoisotopic (exact) mass is 255 g/mol. The van der Waals surface area contributed by atoms with Gasteiger partial charge in [-0.1, -0.05) is 40.9 Å². The van der Waals surface area contributed by atoms with Crippen LogP contribution in [-0.4, -0.2) is 12.6 Å². The second-order valence-electron chi connectivity index (χ2n) is 4.28. The van der Waals surface area contributed by atoms with Crippen LogP contribution in [0.5, 0.6) is 0 Å². The van der Waals surface area contributed by atoms with Crippen molar-refractivity contribution in [1.29, 1.82) is 0 Å². The van der Waals surface area contributed by atoms with Crippen LogP contribution in [0.3, 0.4) is 0 Å². The fourth-order valence-electron chi connectivity index (χ4n) is 1.54. The number of hydrogen-bond acceptors (Lipinski definition) is 1. The van der Waals surface area contributed by atoms with Crippen LogP contribution in [-0.2, 0) is 0 Å². The molecule has 16 heavy (non-hydrogen) atoms. The highest BCUT2D eigenvalue weighted by atomic mass is 35.5. The minimum Gasteiger partial charge on any atom is -0.310 e. The lowest BCUT2D eigenvalue weighted by Crippen LogP contribution is -2.18. The molecule has 1 aliphatic rings. The average Bonchev–Trinajstić information content (AvgIpc) is 3.04. The Morgan fingerprint density at radius 2 is 2.00 bits per heavy atom. The minimum atomic E-state index is 0.707. The molecule has 1 aliphatic carbocycles. The molecule has 1 saturated carbocycles. The molecule has 1 N–H and O–H groups in total. The van der Waals surface area contributed by atoms with Crippen molar-refractivity contribution in [2.24, 2.45) is 0 Å². The molecule has 0 radical (unpaired) electrons. The van der Waals surface area contributed by atoms with Crippen LogP contribution in [0, 0.1) is 0 Å². The van der Waals surface area contributed by atoms with Gasteiger partial charge in [0.25, 0.3) is 0 Å². The smallest absolute Gasteiger partial charge is 0.0493 e. The van der Waals surface area contributed by atoms with Gasteiger partial charge in [0.2, 0.25) is 0 Å². The first-order valence-corrected chi connectivity index (χ1v) is 6.27. The van der Waals surface area contributed by atoms with Gasteiger partial charge in [-0.2, -0.15) is 0 Å². The second-order valence-corrected chi connectivity index (χ2v) is 5.10. The number of halogens is 2. The largest absolute Gasteiger partial charge is 0.310 e. The molecule has 1 fully saturated rings. The number of nitrogens with one attached hydrogen (secondary N) is 1. The lowest BCUT2D eigenvalue weighted by Gasteiger charge is -2.05. The molecule has 2 rings (SSSR count). The summed E-state index contributed by atoms with van der Waals surface area (Å²) >= 11 is 12.2. The van der Waals surface area contributed by atoms with E-state index in [1.165, 1.54) is 18.4 Å². The second kappa shape index (κ2) is 5.22. The summed E-state index contributed by atoms with van der Waals surface area (Å²) in [6, 6.07) is 6.31. The van der Waals surface area contributed by atoms with Gasteiger partial charge in [0, 0.05) is 28.2 Å². The van der Waals surface area contributed by atoms with Crippen molar-refractivity contribution >= 4 is 29.3 Å². The summed E-state index contributed by atoms with van der Waals surface area (Å²) < 4.78 is 0. The summed E-state index contributed by atoms with van der Waals surface area (Å²) in [5.41, 5.74) is 2.17. The number of rotatable bonds is 4. The van der Waals surface area contributed by atoms with E-state index in [-0.39, 0.29) is 0 Å². The fourth-order valence-corrected chi connectivity index (χ4v) is 2.05. The van der Waals surface area contributed by atoms with Gasteiger partial charge in [0.15, 0.2) is 0 Å². The Kier molecular flexibility index (Phi) is 3.91. The van der Waals surface area contributed by atoms with Gasteiger partial charge in [-0.25, -0.2) is 0 Å². The first kappa shape index (κ1) is 12.0. The predicted octanol–water partition coefficient (Wildman–Crippen LogP) is 4.15. The van der Waals surface area contributed by atoms with Gasteiger partial charge < -0.3 is 5.32 Å². The Balaban J connectivity index is 2.07. The zero-order chi connectivity index (χ0) is 11.5. The van der Waals surface area contributed by atoms with Gasteiger partial charge in [-0.05, 0) is 31.9 Å². The maximum atomic E-state index is 6.10. The third kappa shape index (κ3) is 3.24. The zero-order valence-corrected chi connectivity index (χ0v) is 10.8. The Bertz CT molecular complexity index is 388. The molecule has 86 valence electrons. The Morgan fingerprint density at radius 3 is 2.56 bits per heavy atom. The fraction of sp³-hybridized carbons (Fsp3) is 0.385. The summed E-state index contributed by atoms with van der Waals surface area (Å²) in [7, 11) is 0. The van der Waals surface area contributed by atoms with Crippen molar-refractivity contribution in [3.63, 3.8) is 0 Å². The standard InChI is InChI=1S/C13H15Cl2N/c1-9(8-16-10-5-6-10)7-11-12(14)3-2-4-13(11)15/h2-4,7,10,16H,5-6,8H2,1H3. The SMILES string of the molecule is CC(=Cc1c(Cl)cccc1Cl)CNC1CC1. The van der Waals surface area contributed by atoms with E-state index in [9.17, 15) is 0 Å². The minimum absolute atomic E-state index is 0.707. The first-order valence-electron chi connectivity index (χ1n) is 5.51. The predicted molar refractivity (Wildman–Crippen MR) is 71.1 cm³/mol. The Labute approximate surface area is 106 Å². The Morgan fingerprint density at radius 1 is 1.38 bits per heavy atom. The molecule has 0 amide bonds. The molecule has 3 heteroatoms. The number of benzene rings is 1. The normalized spacial score (nSPS) is 16.6. The highest BCUT2D eigenvalue weighted by molar-refractivity contribution is 6.37. The quantitative estimate of drug-likeness (QED) is 0.853. The summed E-state index contributed by atoms with van der Waals surface area (Å²) in [5, 5.41) is 4.87. The first-order chi connectivity index (χ1) is 7.66. The lowest BCUT2D eigenvalue weighted by molar-refractivity contribution is 0.736. The van der Waals surface area contributed by atoms with Crippen molar-refractivity contribution in [3.05, 3.63) is 39.4 Å². The lowest BCUT2D eigenvalue weighted by atomic mass is 10.1. The summed E-state index contributed by atoms with van der Waals surface area (Å²) in [5.74, 6) is 0. The summed E-state index contributed by atoms with van der Waals surface area (Å²) in [6.07, 6.45) is 4.67. The van der Waals surface area contributed by atoms with E-state index < -0.39 is 0 Å². The van der Waals surface area contributed by atoms with Crippen LogP contribution in [0.1, 0.15) is 25.3 Å². The van der Waals surface area contributed by atoms with Gasteiger partial charge in [0.05, 0.1) is 0 Å². The van der Waals surface area contributed by atoms with E-state index >= 15 is 0 Å². The molecule has 0 saturated heterocycles. The molecular formula is C13H15Cl2N. The maximum Gasteiger partial charge on any atom is 0.0493 e. The van der Waals surface area contributed by atoms with Crippen molar-refractivity contribution in [2.75, 3.05) is 6.54 Å². The van der Waals surface area contributed by atoms with E-state index in [1.54, 1.807) is 0 Å². The summed E-state index contributed by atoms with van der Waals surface area (Å²) in [4.78, 5) is 0. The molecule has 0 heterocycles. The molecule has 1 aromatic carbocycles. The third-order valence-corrected chi connectivity index (χ3v) is 3.30. The highest BCUT2D eigenvalue weighted by Gasteiger charge is 2.19. The van der Waals surface area contributed by atoms with Crippen molar-refractivity contribution in [3.8, 4) is 0 Å². The van der Waals surface area contributed by atoms with Crippen LogP contribution in [0.4, 0.5) is 0 Å². The molecular weight excluding hydrogens is 241 g/mol. The third-order valence-electron chi connectivity index (χ3n) is 2.64. The van der Waals surface area contributed by atoms with Crippen LogP contribution >= 0.6 is 23.2 Å². The van der Waals surface area contributed by atoms with E-state index in [2.05, 4.69) is 18.3 Å². The van der Waals surface area contributed by atoms with Crippen LogP contribution in [0.2, 0.25) is 10.0 Å². The van der Waals surface area contributed by atoms with E-state index in [0.717, 1.165) is 18.2 Å². The zero-order valence-electron chi connectivity index (χ0n) is 9.26. The van der Waals surface area contributed by atoms with Crippen LogP contribution in [0.25, 0.3) is 6.08 Å². The average molecular weight is 256 g/mol. The molecule has 0 atom stereocenters. The molecule has 1 nitrogen and oxygen atoms in total. The van der Waals surface area contributed by atoms with Gasteiger partial charge in [0.1, 0.15) is 0 Å². The molecule has 0 bridgehead atoms. The molecule has 0 spiro atoms. The highest BCUT2D eigenvalue weighted by Crippen LogP contribution is 2.26. The topological polar surface area (TPSA) is 12.0 Å².